The lowest BCUT2D eigenvalue weighted by atomic mass is 10.1. The molecule has 0 radical (unpaired) electrons. The highest BCUT2D eigenvalue weighted by molar-refractivity contribution is 5.85. The van der Waals surface area contributed by atoms with Crippen LogP contribution in [-0.2, 0) is 13.5 Å². The van der Waals surface area contributed by atoms with Crippen LogP contribution in [-0.4, -0.2) is 16.3 Å². The number of aromatic nitrogens is 2. The lowest BCUT2D eigenvalue weighted by molar-refractivity contribution is 0.796. The fourth-order valence-corrected chi connectivity index (χ4v) is 1.51. The van der Waals surface area contributed by atoms with Crippen molar-refractivity contribution in [3.05, 3.63) is 30.0 Å². The molecular weight excluding hydrogens is 233 g/mol. The largest absolute Gasteiger partial charge is 0.330 e. The smallest absolute Gasteiger partial charge is 0.0681 e. The molecule has 2 rings (SSSR count). The number of nitrogens with zero attached hydrogens (tertiary/aromatic N) is 2. The first-order chi connectivity index (χ1) is 6.31. The van der Waals surface area contributed by atoms with Crippen LogP contribution in [0.5, 0.6) is 0 Å². The number of aryl methyl sites for hydroxylation is 1. The molecule has 1 aromatic carbocycles. The number of halogens is 2. The predicted molar refractivity (Wildman–Crippen MR) is 68.0 cm³/mol. The van der Waals surface area contributed by atoms with Crippen molar-refractivity contribution >= 4 is 35.7 Å². The molecule has 1 aromatic heterocycles. The number of hydrogen-bond donors (Lipinski definition) is 1. The predicted octanol–water partition coefficient (Wildman–Crippen LogP) is 1.92. The molecule has 15 heavy (non-hydrogen) atoms. The van der Waals surface area contributed by atoms with E-state index in [1.807, 2.05) is 17.9 Å². The lowest BCUT2D eigenvalue weighted by Gasteiger charge is -1.99. The summed E-state index contributed by atoms with van der Waals surface area (Å²) in [6.45, 7) is 0.698. The Labute approximate surface area is 101 Å². The Balaban J connectivity index is 0.000000980. The SMILES string of the molecule is Cl.Cl.Cn1ncc2ccc(CCN)cc21. The minimum atomic E-state index is 0. The molecule has 0 unspecified atom stereocenters. The van der Waals surface area contributed by atoms with Crippen molar-refractivity contribution in [2.45, 2.75) is 6.42 Å². The standard InChI is InChI=1S/C10H13N3.2ClH/c1-13-10-6-8(4-5-11)2-3-9(10)7-12-13;;/h2-3,6-7H,4-5,11H2,1H3;2*1H. The second kappa shape index (κ2) is 5.95. The summed E-state index contributed by atoms with van der Waals surface area (Å²) < 4.78 is 1.88. The molecule has 3 nitrogen and oxygen atoms in total. The Kier molecular flexibility index (Phi) is 5.65. The Morgan fingerprint density at radius 2 is 2.07 bits per heavy atom. The maximum Gasteiger partial charge on any atom is 0.0681 e. The summed E-state index contributed by atoms with van der Waals surface area (Å²) in [5.41, 5.74) is 7.94. The van der Waals surface area contributed by atoms with E-state index in [4.69, 9.17) is 5.73 Å². The van der Waals surface area contributed by atoms with Crippen molar-refractivity contribution in [2.24, 2.45) is 12.8 Å². The third-order valence-corrected chi connectivity index (χ3v) is 2.25. The molecule has 0 fully saturated rings. The van der Waals surface area contributed by atoms with Crippen LogP contribution in [0.15, 0.2) is 24.4 Å². The molecule has 0 bridgehead atoms. The van der Waals surface area contributed by atoms with Gasteiger partial charge in [0.1, 0.15) is 0 Å². The summed E-state index contributed by atoms with van der Waals surface area (Å²) in [4.78, 5) is 0. The quantitative estimate of drug-likeness (QED) is 0.882. The van der Waals surface area contributed by atoms with Crippen LogP contribution in [0.3, 0.4) is 0 Å². The molecule has 0 amide bonds. The molecule has 0 aliphatic rings. The fourth-order valence-electron chi connectivity index (χ4n) is 1.51. The Morgan fingerprint density at radius 3 is 2.73 bits per heavy atom. The van der Waals surface area contributed by atoms with Gasteiger partial charge in [0.15, 0.2) is 0 Å². The van der Waals surface area contributed by atoms with Crippen molar-refractivity contribution in [3.63, 3.8) is 0 Å². The average Bonchev–Trinajstić information content (AvgIpc) is 2.49. The van der Waals surface area contributed by atoms with E-state index >= 15 is 0 Å². The van der Waals surface area contributed by atoms with Gasteiger partial charge in [-0.2, -0.15) is 5.10 Å². The second-order valence-electron chi connectivity index (χ2n) is 3.20. The fraction of sp³-hybridized carbons (Fsp3) is 0.300. The van der Waals surface area contributed by atoms with Crippen LogP contribution >= 0.6 is 24.8 Å². The lowest BCUT2D eigenvalue weighted by Crippen LogP contribution is -2.02. The number of nitrogens with two attached hydrogens (primary N) is 1. The van der Waals surface area contributed by atoms with Gasteiger partial charge in [0, 0.05) is 12.4 Å². The highest BCUT2D eigenvalue weighted by atomic mass is 35.5. The zero-order valence-corrected chi connectivity index (χ0v) is 10.1. The van der Waals surface area contributed by atoms with Gasteiger partial charge >= 0.3 is 0 Å². The van der Waals surface area contributed by atoms with Crippen LogP contribution in [0.25, 0.3) is 10.9 Å². The molecule has 0 atom stereocenters. The molecule has 2 aromatic rings. The van der Waals surface area contributed by atoms with Gasteiger partial charge in [0.2, 0.25) is 0 Å². The van der Waals surface area contributed by atoms with Crippen molar-refractivity contribution in [1.29, 1.82) is 0 Å². The maximum absolute atomic E-state index is 5.50. The summed E-state index contributed by atoms with van der Waals surface area (Å²) in [6.07, 6.45) is 2.81. The number of rotatable bonds is 2. The van der Waals surface area contributed by atoms with Crippen LogP contribution in [0.4, 0.5) is 0 Å². The average molecular weight is 248 g/mol. The number of hydrogen-bond acceptors (Lipinski definition) is 2. The van der Waals surface area contributed by atoms with Crippen molar-refractivity contribution in [2.75, 3.05) is 6.54 Å². The van der Waals surface area contributed by atoms with Gasteiger partial charge in [-0.25, -0.2) is 0 Å². The van der Waals surface area contributed by atoms with Gasteiger partial charge in [-0.15, -0.1) is 24.8 Å². The van der Waals surface area contributed by atoms with Gasteiger partial charge in [0.25, 0.3) is 0 Å². The first kappa shape index (κ1) is 14.2. The second-order valence-corrected chi connectivity index (χ2v) is 3.20. The van der Waals surface area contributed by atoms with Gasteiger partial charge in [-0.3, -0.25) is 4.68 Å². The third kappa shape index (κ3) is 2.84. The van der Waals surface area contributed by atoms with E-state index in [0.717, 1.165) is 6.42 Å². The minimum Gasteiger partial charge on any atom is -0.330 e. The molecular formula is C10H15Cl2N3. The van der Waals surface area contributed by atoms with Gasteiger partial charge in [0.05, 0.1) is 11.7 Å². The van der Waals surface area contributed by atoms with Gasteiger partial charge in [-0.05, 0) is 24.6 Å². The zero-order valence-electron chi connectivity index (χ0n) is 8.51. The van der Waals surface area contributed by atoms with E-state index in [1.54, 1.807) is 0 Å². The number of fused-ring (bicyclic) bond motifs is 1. The zero-order chi connectivity index (χ0) is 9.26. The Hall–Kier alpha value is -0.770. The molecule has 0 saturated carbocycles. The van der Waals surface area contributed by atoms with Crippen molar-refractivity contribution < 1.29 is 0 Å². The number of benzene rings is 1. The van der Waals surface area contributed by atoms with E-state index in [2.05, 4.69) is 23.3 Å². The van der Waals surface area contributed by atoms with E-state index in [-0.39, 0.29) is 24.8 Å². The topological polar surface area (TPSA) is 43.8 Å². The highest BCUT2D eigenvalue weighted by Crippen LogP contribution is 2.14. The van der Waals surface area contributed by atoms with Crippen LogP contribution in [0, 0.1) is 0 Å². The summed E-state index contributed by atoms with van der Waals surface area (Å²) in [7, 11) is 1.95. The van der Waals surface area contributed by atoms with Crippen LogP contribution in [0.2, 0.25) is 0 Å². The molecule has 1 heterocycles. The van der Waals surface area contributed by atoms with Crippen molar-refractivity contribution in [3.8, 4) is 0 Å². The van der Waals surface area contributed by atoms with Crippen molar-refractivity contribution in [1.82, 2.24) is 9.78 Å². The van der Waals surface area contributed by atoms with Gasteiger partial charge in [-0.1, -0.05) is 12.1 Å². The maximum atomic E-state index is 5.50. The summed E-state index contributed by atoms with van der Waals surface area (Å²) >= 11 is 0. The van der Waals surface area contributed by atoms with E-state index in [9.17, 15) is 0 Å². The summed E-state index contributed by atoms with van der Waals surface area (Å²) in [5.74, 6) is 0. The molecule has 0 spiro atoms. The first-order valence-corrected chi connectivity index (χ1v) is 4.42. The molecule has 0 aliphatic heterocycles. The minimum absolute atomic E-state index is 0. The summed E-state index contributed by atoms with van der Waals surface area (Å²) in [6, 6.07) is 6.35. The molecule has 84 valence electrons. The first-order valence-electron chi connectivity index (χ1n) is 4.42. The van der Waals surface area contributed by atoms with E-state index in [1.165, 1.54) is 16.5 Å². The Bertz CT molecular complexity index is 426. The monoisotopic (exact) mass is 247 g/mol. The normalized spacial score (nSPS) is 9.47. The van der Waals surface area contributed by atoms with E-state index in [0.29, 0.717) is 6.54 Å². The van der Waals surface area contributed by atoms with Gasteiger partial charge < -0.3 is 5.73 Å². The molecule has 5 heteroatoms. The molecule has 0 aliphatic carbocycles. The highest BCUT2D eigenvalue weighted by Gasteiger charge is 1.99. The molecule has 2 N–H and O–H groups in total. The van der Waals surface area contributed by atoms with Crippen LogP contribution in [0.1, 0.15) is 5.56 Å². The van der Waals surface area contributed by atoms with E-state index < -0.39 is 0 Å². The summed E-state index contributed by atoms with van der Waals surface area (Å²) in [5, 5.41) is 5.37. The molecule has 0 saturated heterocycles. The Morgan fingerprint density at radius 1 is 1.33 bits per heavy atom. The third-order valence-electron chi connectivity index (χ3n) is 2.25. The van der Waals surface area contributed by atoms with Crippen LogP contribution < -0.4 is 5.73 Å².